The lowest BCUT2D eigenvalue weighted by Crippen LogP contribution is -2.53. The predicted octanol–water partition coefficient (Wildman–Crippen LogP) is 3.33. The Morgan fingerprint density at radius 1 is 1.00 bits per heavy atom. The Balaban J connectivity index is 1.27. The first-order chi connectivity index (χ1) is 16.0. The van der Waals surface area contributed by atoms with E-state index in [1.807, 2.05) is 37.4 Å². The summed E-state index contributed by atoms with van der Waals surface area (Å²) in [6, 6.07) is 18.4. The summed E-state index contributed by atoms with van der Waals surface area (Å²) in [6.45, 7) is 3.02. The Labute approximate surface area is 195 Å². The van der Waals surface area contributed by atoms with Crippen molar-refractivity contribution in [2.75, 3.05) is 31.6 Å². The van der Waals surface area contributed by atoms with E-state index in [1.165, 1.54) is 12.0 Å². The number of sulfonamides is 1. The van der Waals surface area contributed by atoms with E-state index in [-0.39, 0.29) is 3.89 Å². The molecule has 0 amide bonds. The zero-order chi connectivity index (χ0) is 22.9. The van der Waals surface area contributed by atoms with Crippen LogP contribution in [0.15, 0.2) is 60.9 Å². The van der Waals surface area contributed by atoms with Crippen molar-refractivity contribution in [1.29, 1.82) is 0 Å². The first kappa shape index (κ1) is 22.0. The number of quaternary nitrogens is 1. The molecule has 1 aromatic heterocycles. The zero-order valence-corrected chi connectivity index (χ0v) is 19.8. The minimum absolute atomic E-state index is 0.0577. The Kier molecular flexibility index (Phi) is 5.92. The fourth-order valence-corrected chi connectivity index (χ4v) is 7.56. The molecule has 2 fully saturated rings. The summed E-state index contributed by atoms with van der Waals surface area (Å²) in [7, 11) is -1.49. The van der Waals surface area contributed by atoms with Crippen molar-refractivity contribution < 1.29 is 12.3 Å². The maximum Gasteiger partial charge on any atom is 0.304 e. The highest BCUT2D eigenvalue weighted by Crippen LogP contribution is 2.39. The smallest absolute Gasteiger partial charge is 0.304 e. The van der Waals surface area contributed by atoms with E-state index >= 15 is 0 Å². The highest BCUT2D eigenvalue weighted by molar-refractivity contribution is 7.86. The molecule has 2 saturated heterocycles. The summed E-state index contributed by atoms with van der Waals surface area (Å²) in [5.74, 6) is 0. The number of tetrazole rings is 1. The van der Waals surface area contributed by atoms with E-state index in [0.29, 0.717) is 25.6 Å². The molecule has 2 unspecified atom stereocenters. The molecule has 0 N–H and O–H groups in total. The van der Waals surface area contributed by atoms with E-state index in [0.717, 1.165) is 43.5 Å². The fourth-order valence-electron chi connectivity index (χ4n) is 5.27. The minimum atomic E-state index is -3.37. The molecular weight excluding hydrogens is 436 g/mol. The van der Waals surface area contributed by atoms with E-state index in [1.54, 1.807) is 4.80 Å². The summed E-state index contributed by atoms with van der Waals surface area (Å²) < 4.78 is 27.3. The predicted molar refractivity (Wildman–Crippen MR) is 127 cm³/mol. The third-order valence-corrected chi connectivity index (χ3v) is 9.98. The van der Waals surface area contributed by atoms with Gasteiger partial charge in [-0.25, -0.2) is 3.89 Å². The number of aromatic nitrogens is 4. The molecule has 8 nitrogen and oxygen atoms in total. The fraction of sp³-hybridized carbons (Fsp3) is 0.458. The lowest BCUT2D eigenvalue weighted by molar-refractivity contribution is -0.802. The van der Waals surface area contributed by atoms with E-state index in [9.17, 15) is 8.42 Å². The van der Waals surface area contributed by atoms with Crippen LogP contribution in [-0.4, -0.2) is 59.2 Å². The van der Waals surface area contributed by atoms with Crippen molar-refractivity contribution in [2.45, 2.75) is 43.5 Å². The summed E-state index contributed by atoms with van der Waals surface area (Å²) in [6.07, 6.45) is 5.04. The minimum Gasteiger partial charge on any atom is -0.371 e. The normalized spacial score (nSPS) is 25.7. The molecule has 0 saturated carbocycles. The SMILES string of the molecule is C[N+]1(Cc2ccc(N3CCC(n4ncnn4)CC3)cc2)CCCC(c2ccccc2)S1(=O)=O. The summed E-state index contributed by atoms with van der Waals surface area (Å²) in [5, 5.41) is 11.6. The topological polar surface area (TPSA) is 81.0 Å². The first-order valence-corrected chi connectivity index (χ1v) is 13.2. The van der Waals surface area contributed by atoms with Gasteiger partial charge in [0.25, 0.3) is 0 Å². The van der Waals surface area contributed by atoms with Crippen LogP contribution in [0.25, 0.3) is 0 Å². The second-order valence-electron chi connectivity index (χ2n) is 9.38. The van der Waals surface area contributed by atoms with Crippen LogP contribution in [0.3, 0.4) is 0 Å². The second kappa shape index (κ2) is 8.87. The molecule has 2 aliphatic heterocycles. The number of hydrogen-bond donors (Lipinski definition) is 0. The maximum atomic E-state index is 13.6. The molecule has 0 spiro atoms. The number of hydrogen-bond acceptors (Lipinski definition) is 6. The van der Waals surface area contributed by atoms with Gasteiger partial charge in [0.05, 0.1) is 19.6 Å². The highest BCUT2D eigenvalue weighted by Gasteiger charge is 2.47. The number of benzene rings is 2. The van der Waals surface area contributed by atoms with Gasteiger partial charge in [-0.15, -0.1) is 10.2 Å². The van der Waals surface area contributed by atoms with Crippen LogP contribution in [0.4, 0.5) is 5.69 Å². The molecule has 3 heterocycles. The van der Waals surface area contributed by atoms with Crippen molar-refractivity contribution in [3.8, 4) is 0 Å². The van der Waals surface area contributed by atoms with Crippen molar-refractivity contribution in [3.63, 3.8) is 0 Å². The Bertz CT molecular complexity index is 1160. The summed E-state index contributed by atoms with van der Waals surface area (Å²) in [5.41, 5.74) is 3.14. The Morgan fingerprint density at radius 3 is 2.39 bits per heavy atom. The van der Waals surface area contributed by atoms with Crippen molar-refractivity contribution in [1.82, 2.24) is 20.2 Å². The molecule has 174 valence electrons. The van der Waals surface area contributed by atoms with Crippen LogP contribution in [-0.2, 0) is 16.6 Å². The monoisotopic (exact) mass is 467 g/mol. The average molecular weight is 468 g/mol. The van der Waals surface area contributed by atoms with E-state index in [4.69, 9.17) is 0 Å². The van der Waals surface area contributed by atoms with Crippen molar-refractivity contribution in [3.05, 3.63) is 72.1 Å². The second-order valence-corrected chi connectivity index (χ2v) is 11.9. The number of anilines is 1. The molecular formula is C24H31N6O2S+. The summed E-state index contributed by atoms with van der Waals surface area (Å²) in [4.78, 5) is 4.09. The van der Waals surface area contributed by atoms with Crippen LogP contribution < -0.4 is 4.90 Å². The third kappa shape index (κ3) is 4.27. The van der Waals surface area contributed by atoms with Crippen LogP contribution in [0.1, 0.15) is 48.1 Å². The van der Waals surface area contributed by atoms with Crippen molar-refractivity contribution >= 4 is 15.7 Å². The quantitative estimate of drug-likeness (QED) is 0.536. The van der Waals surface area contributed by atoms with Crippen LogP contribution in [0.2, 0.25) is 0 Å². The lowest BCUT2D eigenvalue weighted by atomic mass is 10.0. The van der Waals surface area contributed by atoms with Gasteiger partial charge < -0.3 is 4.90 Å². The van der Waals surface area contributed by atoms with E-state index in [2.05, 4.69) is 44.6 Å². The molecule has 0 bridgehead atoms. The number of nitrogens with zero attached hydrogens (tertiary/aromatic N) is 6. The van der Waals surface area contributed by atoms with Gasteiger partial charge in [0.15, 0.2) is 6.33 Å². The molecule has 5 rings (SSSR count). The average Bonchev–Trinajstić information content (AvgIpc) is 3.37. The standard InChI is InChI=1S/C24H31N6O2S/c1-30(17-5-8-24(33(30,31)32)21-6-3-2-4-7-21)18-20-9-11-22(12-10-20)28-15-13-23(14-16-28)29-26-19-25-27-29/h2-4,6-7,9-12,19,23-24H,5,8,13-18H2,1H3/q+1. The molecule has 9 heteroatoms. The van der Waals surface area contributed by atoms with E-state index < -0.39 is 15.3 Å². The largest absolute Gasteiger partial charge is 0.371 e. The number of rotatable bonds is 5. The van der Waals surface area contributed by atoms with Gasteiger partial charge in [0, 0.05) is 24.3 Å². The van der Waals surface area contributed by atoms with Gasteiger partial charge in [0.2, 0.25) is 0 Å². The first-order valence-electron chi connectivity index (χ1n) is 11.7. The molecule has 2 aromatic carbocycles. The lowest BCUT2D eigenvalue weighted by Gasteiger charge is -2.40. The third-order valence-electron chi connectivity index (χ3n) is 7.22. The molecule has 3 aromatic rings. The number of piperidine rings is 1. The zero-order valence-electron chi connectivity index (χ0n) is 19.0. The van der Waals surface area contributed by atoms with Gasteiger partial charge in [-0.3, -0.25) is 0 Å². The molecule has 2 aliphatic rings. The van der Waals surface area contributed by atoms with Crippen molar-refractivity contribution in [2.24, 2.45) is 0 Å². The van der Waals surface area contributed by atoms with Gasteiger partial charge >= 0.3 is 10.0 Å². The van der Waals surface area contributed by atoms with Crippen LogP contribution in [0, 0.1) is 0 Å². The van der Waals surface area contributed by atoms with Crippen LogP contribution in [0.5, 0.6) is 0 Å². The van der Waals surface area contributed by atoms with Gasteiger partial charge in [-0.1, -0.05) is 42.5 Å². The molecule has 0 radical (unpaired) electrons. The molecule has 33 heavy (non-hydrogen) atoms. The molecule has 0 aliphatic carbocycles. The molecule has 2 atom stereocenters. The van der Waals surface area contributed by atoms with Gasteiger partial charge in [-0.05, 0) is 48.6 Å². The maximum absolute atomic E-state index is 13.6. The summed E-state index contributed by atoms with van der Waals surface area (Å²) >= 11 is 0. The van der Waals surface area contributed by atoms with Gasteiger partial charge in [0.1, 0.15) is 11.8 Å². The Hall–Kier alpha value is -2.78. The van der Waals surface area contributed by atoms with Crippen LogP contribution >= 0.6 is 0 Å². The Morgan fingerprint density at radius 2 is 1.73 bits per heavy atom. The van der Waals surface area contributed by atoms with Gasteiger partial charge in [-0.2, -0.15) is 13.2 Å². The highest BCUT2D eigenvalue weighted by atomic mass is 32.2.